The van der Waals surface area contributed by atoms with E-state index in [9.17, 15) is 0 Å². The van der Waals surface area contributed by atoms with Gasteiger partial charge in [0.05, 0.1) is 16.8 Å². The van der Waals surface area contributed by atoms with E-state index in [2.05, 4.69) is 235 Å². The van der Waals surface area contributed by atoms with E-state index >= 15 is 0 Å². The van der Waals surface area contributed by atoms with E-state index in [-0.39, 0.29) is 0 Å². The Hall–Kier alpha value is -7.39. The zero-order chi connectivity index (χ0) is 48.1. The molecule has 0 fully saturated rings. The van der Waals surface area contributed by atoms with Gasteiger partial charge in [0.15, 0.2) is 5.58 Å². The quantitative estimate of drug-likeness (QED) is 0.156. The molecule has 0 bridgehead atoms. The maximum atomic E-state index is 7.26. The highest BCUT2D eigenvalue weighted by Crippen LogP contribution is 2.52. The average molecular weight is 941 g/mol. The lowest BCUT2D eigenvalue weighted by atomic mass is 9.94. The van der Waals surface area contributed by atoms with E-state index in [1.807, 2.05) is 0 Å². The van der Waals surface area contributed by atoms with Crippen LogP contribution in [0.3, 0.4) is 0 Å². The Kier molecular flexibility index (Phi) is 9.18. The normalized spacial score (nSPS) is 14.1. The first-order valence-electron chi connectivity index (χ1n) is 24.8. The van der Waals surface area contributed by atoms with Gasteiger partial charge in [-0.05, 0) is 150 Å². The summed E-state index contributed by atoms with van der Waals surface area (Å²) in [7, 11) is -4.83. The van der Waals surface area contributed by atoms with Crippen LogP contribution in [0.25, 0.3) is 66.1 Å². The Morgan fingerprint density at radius 1 is 0.343 bits per heavy atom. The third-order valence-corrected chi connectivity index (χ3v) is 23.0. The van der Waals surface area contributed by atoms with Gasteiger partial charge in [0, 0.05) is 44.5 Å². The van der Waals surface area contributed by atoms with Crippen molar-refractivity contribution >= 4 is 115 Å². The summed E-state index contributed by atoms with van der Waals surface area (Å²) in [6.07, 6.45) is 0. The minimum absolute atomic E-state index is 0.913. The average Bonchev–Trinajstić information content (AvgIpc) is 4.04. The molecule has 6 heteroatoms. The highest BCUT2D eigenvalue weighted by atomic mass is 28.3. The molecule has 13 rings (SSSR count). The van der Waals surface area contributed by atoms with Crippen LogP contribution in [0.5, 0.6) is 0 Å². The molecular weight excluding hydrogens is 885 g/mol. The lowest BCUT2D eigenvalue weighted by Gasteiger charge is -2.31. The van der Waals surface area contributed by atoms with Crippen molar-refractivity contribution in [3.63, 3.8) is 0 Å². The molecule has 342 valence electrons. The number of aryl methyl sites for hydroxylation is 6. The molecule has 0 spiro atoms. The standard InChI is InChI=1S/C64H56N2O2Si2/c1-37-27-29-49(41(5)31-37)65(47-23-15-11-19-39(47)3)51-35-58-61(64-59(51)43-21-13-17-25-53(43)68-64)46-34-55-45(33-56(46)70(58,9)10)60-57(69(55,7)8)36-52(63-62(60)44-22-14-18-26-54(44)67-63)66(48-24-16-12-20-40(48)4)50-30-28-38(2)32-42(50)6/h11-36H,1-10H3. The van der Waals surface area contributed by atoms with Gasteiger partial charge in [-0.15, -0.1) is 0 Å². The number of furan rings is 2. The Morgan fingerprint density at radius 2 is 0.771 bits per heavy atom. The molecule has 4 nitrogen and oxygen atoms in total. The van der Waals surface area contributed by atoms with Gasteiger partial charge < -0.3 is 18.6 Å². The first kappa shape index (κ1) is 42.7. The third kappa shape index (κ3) is 5.93. The molecule has 0 atom stereocenters. The van der Waals surface area contributed by atoms with E-state index in [0.29, 0.717) is 0 Å². The summed E-state index contributed by atoms with van der Waals surface area (Å²) in [6, 6.07) is 59.0. The first-order valence-corrected chi connectivity index (χ1v) is 30.8. The van der Waals surface area contributed by atoms with Crippen LogP contribution < -0.4 is 30.5 Å². The second kappa shape index (κ2) is 15.1. The summed E-state index contributed by atoms with van der Waals surface area (Å²) < 4.78 is 14.4. The van der Waals surface area contributed by atoms with E-state index in [1.54, 1.807) is 0 Å². The van der Waals surface area contributed by atoms with Crippen LogP contribution in [-0.2, 0) is 0 Å². The zero-order valence-corrected chi connectivity index (χ0v) is 43.7. The second-order valence-corrected chi connectivity index (χ2v) is 29.9. The lowest BCUT2D eigenvalue weighted by Crippen LogP contribution is -2.51. The van der Waals surface area contributed by atoms with Crippen molar-refractivity contribution in [1.29, 1.82) is 0 Å². The zero-order valence-electron chi connectivity index (χ0n) is 41.7. The van der Waals surface area contributed by atoms with Gasteiger partial charge in [0.1, 0.15) is 32.9 Å². The van der Waals surface area contributed by atoms with Gasteiger partial charge in [-0.3, -0.25) is 0 Å². The van der Waals surface area contributed by atoms with Crippen LogP contribution in [0.2, 0.25) is 26.2 Å². The molecule has 0 saturated carbocycles. The highest BCUT2D eigenvalue weighted by Gasteiger charge is 2.47. The fraction of sp³-hybridized carbons (Fsp3) is 0.156. The number of para-hydroxylation sites is 4. The Balaban J connectivity index is 1.10. The van der Waals surface area contributed by atoms with Crippen LogP contribution in [0.1, 0.15) is 33.4 Å². The van der Waals surface area contributed by atoms with Crippen LogP contribution in [0, 0.1) is 41.5 Å². The Labute approximate surface area is 412 Å². The summed E-state index contributed by atoms with van der Waals surface area (Å²) in [4.78, 5) is 4.99. The summed E-state index contributed by atoms with van der Waals surface area (Å²) >= 11 is 0. The van der Waals surface area contributed by atoms with Crippen LogP contribution in [0.15, 0.2) is 167 Å². The van der Waals surface area contributed by atoms with Crippen molar-refractivity contribution in [1.82, 2.24) is 0 Å². The molecule has 11 aromatic rings. The predicted octanol–water partition coefficient (Wildman–Crippen LogP) is 15.9. The van der Waals surface area contributed by atoms with Gasteiger partial charge in [0.25, 0.3) is 0 Å². The largest absolute Gasteiger partial charge is 0.455 e. The van der Waals surface area contributed by atoms with E-state index in [4.69, 9.17) is 8.83 Å². The van der Waals surface area contributed by atoms with Crippen molar-refractivity contribution < 1.29 is 8.83 Å². The number of hydrogen-bond donors (Lipinski definition) is 0. The minimum atomic E-state index is -2.42. The van der Waals surface area contributed by atoms with Gasteiger partial charge in [-0.25, -0.2) is 0 Å². The minimum Gasteiger partial charge on any atom is -0.455 e. The predicted molar refractivity (Wildman–Crippen MR) is 303 cm³/mol. The fourth-order valence-electron chi connectivity index (χ4n) is 12.5. The number of benzene rings is 9. The molecule has 70 heavy (non-hydrogen) atoms. The molecule has 0 N–H and O–H groups in total. The first-order chi connectivity index (χ1) is 33.7. The molecule has 4 heterocycles. The molecular formula is C64H56N2O2Si2. The molecule has 0 saturated heterocycles. The number of nitrogens with zero attached hydrogens (tertiary/aromatic N) is 2. The summed E-state index contributed by atoms with van der Waals surface area (Å²) in [6.45, 7) is 23.6. The lowest BCUT2D eigenvalue weighted by molar-refractivity contribution is 0.669. The molecule has 0 amide bonds. The molecule has 9 aromatic carbocycles. The van der Waals surface area contributed by atoms with E-state index in [1.165, 1.54) is 98.8 Å². The molecule has 2 aromatic heterocycles. The number of fused-ring (bicyclic) bond motifs is 14. The fourth-order valence-corrected chi connectivity index (χ4v) is 18.6. The number of anilines is 6. The number of rotatable bonds is 6. The second-order valence-electron chi connectivity index (χ2n) is 21.3. The van der Waals surface area contributed by atoms with E-state index < -0.39 is 16.1 Å². The topological polar surface area (TPSA) is 32.8 Å². The van der Waals surface area contributed by atoms with Crippen LogP contribution in [-0.4, -0.2) is 16.1 Å². The molecule has 2 aliphatic rings. The summed E-state index contributed by atoms with van der Waals surface area (Å²) in [5, 5.41) is 10.5. The van der Waals surface area contributed by atoms with Crippen LogP contribution >= 0.6 is 0 Å². The highest BCUT2D eigenvalue weighted by molar-refractivity contribution is 7.06. The smallest absolute Gasteiger partial charge is 0.160 e. The van der Waals surface area contributed by atoms with E-state index in [0.717, 1.165) is 55.6 Å². The summed E-state index contributed by atoms with van der Waals surface area (Å²) in [5.41, 5.74) is 23.4. The van der Waals surface area contributed by atoms with Crippen molar-refractivity contribution in [2.24, 2.45) is 0 Å². The maximum absolute atomic E-state index is 7.26. The third-order valence-electron chi connectivity index (χ3n) is 16.0. The molecule has 0 radical (unpaired) electrons. The summed E-state index contributed by atoms with van der Waals surface area (Å²) in [5.74, 6) is 0. The molecule has 2 aliphatic heterocycles. The maximum Gasteiger partial charge on any atom is 0.160 e. The van der Waals surface area contributed by atoms with Gasteiger partial charge >= 0.3 is 0 Å². The Bertz CT molecular complexity index is 4060. The van der Waals surface area contributed by atoms with Crippen molar-refractivity contribution in [3.8, 4) is 22.3 Å². The van der Waals surface area contributed by atoms with Crippen LogP contribution in [0.4, 0.5) is 34.1 Å². The molecule has 0 aliphatic carbocycles. The van der Waals surface area contributed by atoms with Crippen molar-refractivity contribution in [2.75, 3.05) is 9.80 Å². The number of hydrogen-bond acceptors (Lipinski definition) is 4. The Morgan fingerprint density at radius 3 is 1.31 bits per heavy atom. The SMILES string of the molecule is Cc1ccc(N(c2ccccc2C)c2cc3c(c4c2oc2ccccc24)-c2cc4c(cc2[Si]3(C)C)-c2c(cc(N(c3ccccc3C)c3ccc(C)cc3C)c3c2oc2ccccc23)[Si]4(C)C)c(C)c1. The van der Waals surface area contributed by atoms with Gasteiger partial charge in [-0.2, -0.15) is 0 Å². The molecule has 0 unspecified atom stereocenters. The van der Waals surface area contributed by atoms with Gasteiger partial charge in [-0.1, -0.05) is 147 Å². The monoisotopic (exact) mass is 940 g/mol. The van der Waals surface area contributed by atoms with Crippen molar-refractivity contribution in [2.45, 2.75) is 67.7 Å². The van der Waals surface area contributed by atoms with Gasteiger partial charge in [0.2, 0.25) is 0 Å². The van der Waals surface area contributed by atoms with Crippen molar-refractivity contribution in [3.05, 3.63) is 191 Å².